The number of fused-ring (bicyclic) bond motifs is 1. The number of hydrogen-bond acceptors (Lipinski definition) is 7. The molecule has 130 valence electrons. The van der Waals surface area contributed by atoms with Crippen LogP contribution in [0, 0.1) is 0 Å². The lowest BCUT2D eigenvalue weighted by atomic mass is 10.1. The van der Waals surface area contributed by atoms with Crippen molar-refractivity contribution in [3.05, 3.63) is 30.6 Å². The molecule has 0 unspecified atom stereocenters. The van der Waals surface area contributed by atoms with Crippen LogP contribution in [0.4, 0.5) is 5.82 Å². The zero-order valence-electron chi connectivity index (χ0n) is 14.5. The molecule has 0 aliphatic carbocycles. The van der Waals surface area contributed by atoms with Crippen LogP contribution < -0.4 is 9.64 Å². The van der Waals surface area contributed by atoms with Crippen LogP contribution >= 0.6 is 0 Å². The van der Waals surface area contributed by atoms with Gasteiger partial charge < -0.3 is 19.1 Å². The van der Waals surface area contributed by atoms with Gasteiger partial charge in [-0.15, -0.1) is 0 Å². The van der Waals surface area contributed by atoms with Crippen LogP contribution in [0.3, 0.4) is 0 Å². The quantitative estimate of drug-likeness (QED) is 0.723. The zero-order chi connectivity index (χ0) is 17.2. The third-order valence-electron chi connectivity index (χ3n) is 4.73. The summed E-state index contributed by atoms with van der Waals surface area (Å²) in [7, 11) is 1.66. The van der Waals surface area contributed by atoms with Crippen molar-refractivity contribution in [2.45, 2.75) is 6.92 Å². The maximum Gasteiger partial charge on any atom is 0.263 e. The van der Waals surface area contributed by atoms with Crippen molar-refractivity contribution in [2.24, 2.45) is 0 Å². The van der Waals surface area contributed by atoms with Crippen LogP contribution in [-0.2, 0) is 0 Å². The Hall–Kier alpha value is -2.67. The first kappa shape index (κ1) is 15.8. The van der Waals surface area contributed by atoms with Crippen molar-refractivity contribution in [2.75, 3.05) is 44.7 Å². The number of likely N-dealkylation sites (N-methyl/N-ethyl adjacent to an activating group) is 1. The molecule has 7 heteroatoms. The molecule has 0 radical (unpaired) electrons. The highest BCUT2D eigenvalue weighted by atomic mass is 16.5. The molecular weight excluding hydrogens is 318 g/mol. The highest BCUT2D eigenvalue weighted by Crippen LogP contribution is 2.37. The molecule has 0 bridgehead atoms. The van der Waals surface area contributed by atoms with Gasteiger partial charge in [0.2, 0.25) is 0 Å². The Balaban J connectivity index is 1.80. The van der Waals surface area contributed by atoms with Gasteiger partial charge in [-0.3, -0.25) is 0 Å². The number of ether oxygens (including phenoxy) is 1. The van der Waals surface area contributed by atoms with Gasteiger partial charge in [-0.2, -0.15) is 4.98 Å². The molecule has 0 atom stereocenters. The minimum atomic E-state index is 0.504. The minimum Gasteiger partial charge on any atom is -0.496 e. The van der Waals surface area contributed by atoms with Gasteiger partial charge in [-0.05, 0) is 18.7 Å². The molecule has 1 aliphatic rings. The van der Waals surface area contributed by atoms with Crippen LogP contribution in [0.1, 0.15) is 6.92 Å². The molecule has 4 rings (SSSR count). The summed E-state index contributed by atoms with van der Waals surface area (Å²) in [6.07, 6.45) is 1.54. The van der Waals surface area contributed by atoms with Gasteiger partial charge in [-0.25, -0.2) is 4.98 Å². The lowest BCUT2D eigenvalue weighted by molar-refractivity contribution is 0.271. The first-order valence-corrected chi connectivity index (χ1v) is 8.53. The van der Waals surface area contributed by atoms with Crippen molar-refractivity contribution >= 4 is 16.9 Å². The van der Waals surface area contributed by atoms with Crippen LogP contribution in [0.5, 0.6) is 5.75 Å². The molecule has 0 amide bonds. The molecule has 2 aromatic heterocycles. The summed E-state index contributed by atoms with van der Waals surface area (Å²) in [4.78, 5) is 13.5. The van der Waals surface area contributed by atoms with Gasteiger partial charge in [0.25, 0.3) is 5.71 Å². The number of nitrogens with zero attached hydrogens (tertiary/aromatic N) is 5. The van der Waals surface area contributed by atoms with Gasteiger partial charge in [-0.1, -0.05) is 24.2 Å². The van der Waals surface area contributed by atoms with Crippen molar-refractivity contribution in [3.63, 3.8) is 0 Å². The fourth-order valence-electron chi connectivity index (χ4n) is 3.31. The van der Waals surface area contributed by atoms with Crippen LogP contribution in [-0.4, -0.2) is 59.9 Å². The lowest BCUT2D eigenvalue weighted by Gasteiger charge is -2.34. The molecule has 25 heavy (non-hydrogen) atoms. The first-order chi connectivity index (χ1) is 12.3. The molecule has 1 aromatic carbocycles. The van der Waals surface area contributed by atoms with Crippen molar-refractivity contribution in [1.82, 2.24) is 20.0 Å². The topological polar surface area (TPSA) is 67.5 Å². The summed E-state index contributed by atoms with van der Waals surface area (Å²) in [5.74, 6) is 1.63. The standard InChI is InChI=1S/C18H21N5O2/c1-3-22-8-10-23(11-9-22)17-15-16(21-25-18(15)20-12-19-17)13-6-4-5-7-14(13)24-2/h4-7,12H,3,8-11H2,1-2H3. The number of rotatable bonds is 4. The summed E-state index contributed by atoms with van der Waals surface area (Å²) in [6, 6.07) is 7.79. The molecule has 0 saturated carbocycles. The van der Waals surface area contributed by atoms with Gasteiger partial charge in [0.05, 0.1) is 7.11 Å². The highest BCUT2D eigenvalue weighted by Gasteiger charge is 2.24. The Kier molecular flexibility index (Phi) is 4.23. The van der Waals surface area contributed by atoms with Crippen LogP contribution in [0.15, 0.2) is 35.1 Å². The number of para-hydroxylation sites is 1. The molecule has 1 saturated heterocycles. The molecule has 1 aliphatic heterocycles. The van der Waals surface area contributed by atoms with E-state index in [0.29, 0.717) is 5.71 Å². The Morgan fingerprint density at radius 2 is 1.92 bits per heavy atom. The normalized spacial score (nSPS) is 15.7. The molecule has 1 fully saturated rings. The second-order valence-electron chi connectivity index (χ2n) is 6.03. The number of aromatic nitrogens is 3. The summed E-state index contributed by atoms with van der Waals surface area (Å²) < 4.78 is 11.0. The summed E-state index contributed by atoms with van der Waals surface area (Å²) in [5.41, 5.74) is 2.11. The maximum atomic E-state index is 5.49. The van der Waals surface area contributed by atoms with Gasteiger partial charge in [0, 0.05) is 31.7 Å². The smallest absolute Gasteiger partial charge is 0.263 e. The fraction of sp³-hybridized carbons (Fsp3) is 0.389. The molecular formula is C18H21N5O2. The molecule has 3 heterocycles. The van der Waals surface area contributed by atoms with E-state index in [1.54, 1.807) is 13.4 Å². The van der Waals surface area contributed by atoms with Crippen molar-refractivity contribution < 1.29 is 9.26 Å². The zero-order valence-corrected chi connectivity index (χ0v) is 14.5. The number of benzene rings is 1. The monoisotopic (exact) mass is 339 g/mol. The summed E-state index contributed by atoms with van der Waals surface area (Å²) in [5, 5.41) is 5.11. The second kappa shape index (κ2) is 6.68. The molecule has 3 aromatic rings. The highest BCUT2D eigenvalue weighted by molar-refractivity contribution is 5.99. The maximum absolute atomic E-state index is 5.49. The van der Waals surface area contributed by atoms with Gasteiger partial charge in [0.1, 0.15) is 29.0 Å². The van der Waals surface area contributed by atoms with E-state index < -0.39 is 0 Å². The van der Waals surface area contributed by atoms with E-state index in [-0.39, 0.29) is 0 Å². The van der Waals surface area contributed by atoms with E-state index in [2.05, 4.69) is 31.8 Å². The van der Waals surface area contributed by atoms with E-state index in [1.165, 1.54) is 0 Å². The predicted octanol–water partition coefficient (Wildman–Crippen LogP) is 2.44. The molecule has 0 N–H and O–H groups in total. The minimum absolute atomic E-state index is 0.504. The number of anilines is 1. The number of methoxy groups -OCH3 is 1. The summed E-state index contributed by atoms with van der Waals surface area (Å²) >= 11 is 0. The Morgan fingerprint density at radius 3 is 2.68 bits per heavy atom. The van der Waals surface area contributed by atoms with Crippen molar-refractivity contribution in [3.8, 4) is 17.0 Å². The molecule has 7 nitrogen and oxygen atoms in total. The average Bonchev–Trinajstić information content (AvgIpc) is 3.12. The predicted molar refractivity (Wildman–Crippen MR) is 95.9 cm³/mol. The first-order valence-electron chi connectivity index (χ1n) is 8.53. The third-order valence-corrected chi connectivity index (χ3v) is 4.73. The SMILES string of the molecule is CCN1CCN(c2ncnc3onc(-c4ccccc4OC)c23)CC1. The Labute approximate surface area is 146 Å². The number of piperazine rings is 1. The Bertz CT molecular complexity index is 871. The van der Waals surface area contributed by atoms with E-state index in [9.17, 15) is 0 Å². The Morgan fingerprint density at radius 1 is 1.12 bits per heavy atom. The summed E-state index contributed by atoms with van der Waals surface area (Å²) in [6.45, 7) is 7.17. The lowest BCUT2D eigenvalue weighted by Crippen LogP contribution is -2.46. The van der Waals surface area contributed by atoms with Gasteiger partial charge >= 0.3 is 0 Å². The van der Waals surface area contributed by atoms with Crippen molar-refractivity contribution in [1.29, 1.82) is 0 Å². The number of hydrogen-bond donors (Lipinski definition) is 0. The van der Waals surface area contributed by atoms with Gasteiger partial charge in [0.15, 0.2) is 0 Å². The average molecular weight is 339 g/mol. The van der Waals surface area contributed by atoms with E-state index in [0.717, 1.165) is 60.9 Å². The largest absolute Gasteiger partial charge is 0.496 e. The van der Waals surface area contributed by atoms with Crippen LogP contribution in [0.2, 0.25) is 0 Å². The van der Waals surface area contributed by atoms with Crippen LogP contribution in [0.25, 0.3) is 22.4 Å². The van der Waals surface area contributed by atoms with E-state index in [4.69, 9.17) is 9.26 Å². The molecule has 0 spiro atoms. The second-order valence-corrected chi connectivity index (χ2v) is 6.03. The van der Waals surface area contributed by atoms with E-state index >= 15 is 0 Å². The van der Waals surface area contributed by atoms with E-state index in [1.807, 2.05) is 24.3 Å². The third kappa shape index (κ3) is 2.80. The fourth-order valence-corrected chi connectivity index (χ4v) is 3.31.